The fourth-order valence-corrected chi connectivity index (χ4v) is 1.27. The maximum absolute atomic E-state index is 11.3. The number of amides is 1. The van der Waals surface area contributed by atoms with Gasteiger partial charge in [-0.2, -0.15) is 5.26 Å². The minimum absolute atomic E-state index is 0.418. The monoisotopic (exact) mass is 197 g/mol. The van der Waals surface area contributed by atoms with Crippen molar-refractivity contribution in [2.45, 2.75) is 0 Å². The van der Waals surface area contributed by atoms with E-state index in [2.05, 4.69) is 9.98 Å². The molecule has 0 aliphatic carbocycles. The molecule has 1 amide bonds. The van der Waals surface area contributed by atoms with Gasteiger partial charge in [-0.1, -0.05) is 6.08 Å². The highest BCUT2D eigenvalue weighted by Gasteiger charge is 2.18. The molecule has 0 saturated heterocycles. The van der Waals surface area contributed by atoms with Crippen LogP contribution in [0.2, 0.25) is 0 Å². The lowest BCUT2D eigenvalue weighted by atomic mass is 10.0. The molecule has 72 valence electrons. The van der Waals surface area contributed by atoms with Crippen molar-refractivity contribution in [2.24, 2.45) is 10.9 Å². The molecular weight excluding hydrogens is 190 g/mol. The average molecular weight is 197 g/mol. The molecule has 15 heavy (non-hydrogen) atoms. The van der Waals surface area contributed by atoms with Crippen molar-refractivity contribution in [3.05, 3.63) is 42.2 Å². The van der Waals surface area contributed by atoms with Gasteiger partial charge in [-0.05, 0) is 18.2 Å². The number of rotatable bonds is 1. The Balaban J connectivity index is 2.33. The lowest BCUT2D eigenvalue weighted by molar-refractivity contribution is -0.118. The molecular formula is C11H7N3O. The summed E-state index contributed by atoms with van der Waals surface area (Å²) in [5.74, 6) is -1.16. The number of dihydropyridines is 1. The van der Waals surface area contributed by atoms with Crippen LogP contribution in [0.15, 0.2) is 41.7 Å². The van der Waals surface area contributed by atoms with E-state index in [1.807, 2.05) is 12.1 Å². The second-order valence-corrected chi connectivity index (χ2v) is 3.04. The summed E-state index contributed by atoms with van der Waals surface area (Å²) in [6, 6.07) is 5.45. The van der Waals surface area contributed by atoms with Crippen molar-refractivity contribution in [2.75, 3.05) is 0 Å². The lowest BCUT2D eigenvalue weighted by Gasteiger charge is -2.07. The van der Waals surface area contributed by atoms with Crippen LogP contribution in [0.3, 0.4) is 0 Å². The highest BCUT2D eigenvalue weighted by atomic mass is 16.1. The Labute approximate surface area is 86.6 Å². The number of hydrogen-bond donors (Lipinski definition) is 0. The Hall–Kier alpha value is -2.28. The van der Waals surface area contributed by atoms with Crippen molar-refractivity contribution in [3.63, 3.8) is 0 Å². The molecule has 2 rings (SSSR count). The summed E-state index contributed by atoms with van der Waals surface area (Å²) in [6.07, 6.45) is 6.50. The lowest BCUT2D eigenvalue weighted by Crippen LogP contribution is -2.15. The number of nitriles is 1. The topological polar surface area (TPSA) is 66.1 Å². The minimum atomic E-state index is -0.745. The number of nitrogens with zero attached hydrogens (tertiary/aromatic N) is 3. The first-order chi connectivity index (χ1) is 7.31. The van der Waals surface area contributed by atoms with Gasteiger partial charge in [-0.15, -0.1) is 0 Å². The summed E-state index contributed by atoms with van der Waals surface area (Å²) in [6.45, 7) is 0. The van der Waals surface area contributed by atoms with Crippen LogP contribution in [0, 0.1) is 17.2 Å². The Morgan fingerprint density at radius 2 is 2.33 bits per heavy atom. The molecule has 4 nitrogen and oxygen atoms in total. The first kappa shape index (κ1) is 9.28. The molecule has 0 saturated carbocycles. The summed E-state index contributed by atoms with van der Waals surface area (Å²) < 4.78 is 0. The van der Waals surface area contributed by atoms with Crippen LogP contribution in [-0.4, -0.2) is 16.6 Å². The van der Waals surface area contributed by atoms with Crippen molar-refractivity contribution in [3.8, 4) is 6.07 Å². The normalized spacial score (nSPS) is 19.5. The molecule has 0 radical (unpaired) electrons. The van der Waals surface area contributed by atoms with E-state index >= 15 is 0 Å². The van der Waals surface area contributed by atoms with E-state index < -0.39 is 11.8 Å². The van der Waals surface area contributed by atoms with E-state index in [0.717, 1.165) is 5.56 Å². The molecule has 0 N–H and O–H groups in total. The van der Waals surface area contributed by atoms with Crippen LogP contribution in [0.1, 0.15) is 5.56 Å². The van der Waals surface area contributed by atoms with Gasteiger partial charge < -0.3 is 0 Å². The number of hydrogen-bond acceptors (Lipinski definition) is 3. The van der Waals surface area contributed by atoms with E-state index in [-0.39, 0.29) is 0 Å². The second kappa shape index (κ2) is 3.84. The Kier molecular flexibility index (Phi) is 2.38. The van der Waals surface area contributed by atoms with Gasteiger partial charge in [-0.25, -0.2) is 4.99 Å². The summed E-state index contributed by atoms with van der Waals surface area (Å²) in [4.78, 5) is 19.1. The fourth-order valence-electron chi connectivity index (χ4n) is 1.27. The maximum Gasteiger partial charge on any atom is 0.267 e. The van der Waals surface area contributed by atoms with Gasteiger partial charge in [0, 0.05) is 18.0 Å². The van der Waals surface area contributed by atoms with E-state index in [0.29, 0.717) is 5.71 Å². The molecule has 0 unspecified atom stereocenters. The minimum Gasteiger partial charge on any atom is -0.271 e. The second-order valence-electron chi connectivity index (χ2n) is 3.04. The summed E-state index contributed by atoms with van der Waals surface area (Å²) in [5, 5.41) is 8.61. The van der Waals surface area contributed by atoms with Gasteiger partial charge in [0.05, 0.1) is 11.8 Å². The van der Waals surface area contributed by atoms with Gasteiger partial charge in [-0.3, -0.25) is 9.78 Å². The van der Waals surface area contributed by atoms with Crippen molar-refractivity contribution in [1.29, 1.82) is 5.26 Å². The van der Waals surface area contributed by atoms with E-state index in [1.54, 1.807) is 30.6 Å². The zero-order chi connectivity index (χ0) is 10.7. The van der Waals surface area contributed by atoms with Crippen molar-refractivity contribution < 1.29 is 4.79 Å². The molecule has 0 fully saturated rings. The Morgan fingerprint density at radius 3 is 2.93 bits per heavy atom. The van der Waals surface area contributed by atoms with Crippen LogP contribution in [0.25, 0.3) is 0 Å². The average Bonchev–Trinajstić information content (AvgIpc) is 2.30. The van der Waals surface area contributed by atoms with Gasteiger partial charge in [0.2, 0.25) is 0 Å². The molecule has 1 aliphatic rings. The maximum atomic E-state index is 11.3. The van der Waals surface area contributed by atoms with Crippen molar-refractivity contribution >= 4 is 11.6 Å². The van der Waals surface area contributed by atoms with E-state index in [4.69, 9.17) is 5.26 Å². The number of pyridine rings is 1. The first-order valence-corrected chi connectivity index (χ1v) is 4.42. The van der Waals surface area contributed by atoms with Crippen molar-refractivity contribution in [1.82, 2.24) is 4.98 Å². The zero-order valence-electron chi connectivity index (χ0n) is 7.79. The van der Waals surface area contributed by atoms with Crippen LogP contribution >= 0.6 is 0 Å². The summed E-state index contributed by atoms with van der Waals surface area (Å²) in [5.41, 5.74) is 1.33. The SMILES string of the molecule is N#C[C@H]1C=CC(c2cccnc2)=NC1=O. The molecule has 0 bridgehead atoms. The molecule has 1 atom stereocenters. The fraction of sp³-hybridized carbons (Fsp3) is 0.0909. The smallest absolute Gasteiger partial charge is 0.267 e. The third-order valence-corrected chi connectivity index (χ3v) is 2.04. The predicted octanol–water partition coefficient (Wildman–Crippen LogP) is 1.11. The van der Waals surface area contributed by atoms with Gasteiger partial charge in [0.1, 0.15) is 5.92 Å². The van der Waals surface area contributed by atoms with Crippen LogP contribution in [0.4, 0.5) is 0 Å². The van der Waals surface area contributed by atoms with Crippen LogP contribution in [0.5, 0.6) is 0 Å². The summed E-state index contributed by atoms with van der Waals surface area (Å²) >= 11 is 0. The Morgan fingerprint density at radius 1 is 1.47 bits per heavy atom. The zero-order valence-corrected chi connectivity index (χ0v) is 7.79. The van der Waals surface area contributed by atoms with Gasteiger partial charge in [0.25, 0.3) is 5.91 Å². The highest BCUT2D eigenvalue weighted by molar-refractivity contribution is 6.15. The Bertz CT molecular complexity index is 482. The third-order valence-electron chi connectivity index (χ3n) is 2.04. The number of aliphatic imine (C=N–C) groups is 1. The van der Waals surface area contributed by atoms with Crippen LogP contribution in [-0.2, 0) is 4.79 Å². The quantitative estimate of drug-likeness (QED) is 0.677. The highest BCUT2D eigenvalue weighted by Crippen LogP contribution is 2.11. The number of allylic oxidation sites excluding steroid dienone is 1. The van der Waals surface area contributed by atoms with Crippen LogP contribution < -0.4 is 0 Å². The number of carbonyl (C=O) groups excluding carboxylic acids is 1. The number of carbonyl (C=O) groups is 1. The molecule has 2 heterocycles. The summed E-state index contributed by atoms with van der Waals surface area (Å²) in [7, 11) is 0. The first-order valence-electron chi connectivity index (χ1n) is 4.42. The molecule has 1 aliphatic heterocycles. The predicted molar refractivity (Wildman–Crippen MR) is 54.0 cm³/mol. The standard InChI is InChI=1S/C11H7N3O/c12-6-8-3-4-10(14-11(8)15)9-2-1-5-13-7-9/h1-5,7-8H/t8-/m1/s1. The molecule has 0 aromatic carbocycles. The third kappa shape index (κ3) is 1.81. The largest absolute Gasteiger partial charge is 0.271 e. The van der Waals surface area contributed by atoms with Gasteiger partial charge >= 0.3 is 0 Å². The molecule has 1 aromatic rings. The molecule has 0 spiro atoms. The molecule has 1 aromatic heterocycles. The number of aromatic nitrogens is 1. The van der Waals surface area contributed by atoms with Gasteiger partial charge in [0.15, 0.2) is 0 Å². The van der Waals surface area contributed by atoms with E-state index in [1.165, 1.54) is 0 Å². The van der Waals surface area contributed by atoms with E-state index in [9.17, 15) is 4.79 Å². The molecule has 4 heteroatoms.